The Labute approximate surface area is 156 Å². The molecule has 0 spiro atoms. The predicted octanol–water partition coefficient (Wildman–Crippen LogP) is 3.87. The highest BCUT2D eigenvalue weighted by Gasteiger charge is 2.38. The Morgan fingerprint density at radius 3 is 2.38 bits per heavy atom. The molecule has 3 rings (SSSR count). The lowest BCUT2D eigenvalue weighted by atomic mass is 9.86. The van der Waals surface area contributed by atoms with Crippen molar-refractivity contribution in [2.75, 3.05) is 11.9 Å². The minimum atomic E-state index is -0.546. The Balaban J connectivity index is 1.80. The topological polar surface area (TPSA) is 66.5 Å². The van der Waals surface area contributed by atoms with Crippen molar-refractivity contribution >= 4 is 35.0 Å². The molecule has 0 radical (unpaired) electrons. The number of hydrogen-bond acceptors (Lipinski definition) is 3. The Hall–Kier alpha value is -2.66. The van der Waals surface area contributed by atoms with Gasteiger partial charge < -0.3 is 5.32 Å². The lowest BCUT2D eigenvalue weighted by Gasteiger charge is -2.23. The lowest BCUT2D eigenvalue weighted by Crippen LogP contribution is -2.37. The van der Waals surface area contributed by atoms with Gasteiger partial charge in [-0.3, -0.25) is 19.3 Å². The smallest absolute Gasteiger partial charge is 0.263 e. The molecule has 0 saturated heterocycles. The number of anilines is 1. The van der Waals surface area contributed by atoms with Crippen molar-refractivity contribution in [3.05, 3.63) is 64.2 Å². The van der Waals surface area contributed by atoms with Gasteiger partial charge in [0.2, 0.25) is 5.91 Å². The Morgan fingerprint density at radius 2 is 1.73 bits per heavy atom. The van der Waals surface area contributed by atoms with E-state index < -0.39 is 17.7 Å². The van der Waals surface area contributed by atoms with E-state index in [-0.39, 0.29) is 28.1 Å². The maximum Gasteiger partial charge on any atom is 0.263 e. The first-order chi connectivity index (χ1) is 12.2. The van der Waals surface area contributed by atoms with Gasteiger partial charge in [-0.2, -0.15) is 0 Å². The molecule has 0 unspecified atom stereocenters. The van der Waals surface area contributed by atoms with Crippen molar-refractivity contribution < 1.29 is 14.4 Å². The SMILES string of the molecule is CC(C)(C)c1ccccc1NC(=O)CN1C(=O)c2cccc(Cl)c2C1=O. The first kappa shape index (κ1) is 18.1. The molecular weight excluding hydrogens is 352 g/mol. The van der Waals surface area contributed by atoms with Crippen LogP contribution in [0.15, 0.2) is 42.5 Å². The van der Waals surface area contributed by atoms with Crippen LogP contribution in [0.3, 0.4) is 0 Å². The molecule has 26 heavy (non-hydrogen) atoms. The zero-order valence-electron chi connectivity index (χ0n) is 14.8. The molecule has 1 aliphatic heterocycles. The zero-order valence-corrected chi connectivity index (χ0v) is 15.6. The number of para-hydroxylation sites is 1. The van der Waals surface area contributed by atoms with Crippen LogP contribution in [0, 0.1) is 0 Å². The number of rotatable bonds is 3. The van der Waals surface area contributed by atoms with E-state index in [1.165, 1.54) is 6.07 Å². The summed E-state index contributed by atoms with van der Waals surface area (Å²) in [5, 5.41) is 3.02. The van der Waals surface area contributed by atoms with Crippen LogP contribution in [-0.2, 0) is 10.2 Å². The van der Waals surface area contributed by atoms with E-state index in [9.17, 15) is 14.4 Å². The second-order valence-electron chi connectivity index (χ2n) is 7.20. The maximum absolute atomic E-state index is 12.5. The molecule has 2 aromatic carbocycles. The Bertz CT molecular complexity index is 916. The summed E-state index contributed by atoms with van der Waals surface area (Å²) in [5.74, 6) is -1.49. The van der Waals surface area contributed by atoms with E-state index in [1.807, 2.05) is 39.0 Å². The van der Waals surface area contributed by atoms with Gasteiger partial charge in [0, 0.05) is 5.69 Å². The van der Waals surface area contributed by atoms with Crippen LogP contribution in [-0.4, -0.2) is 29.2 Å². The highest BCUT2D eigenvalue weighted by Crippen LogP contribution is 2.30. The predicted molar refractivity (Wildman–Crippen MR) is 101 cm³/mol. The average molecular weight is 371 g/mol. The van der Waals surface area contributed by atoms with E-state index in [0.29, 0.717) is 5.69 Å². The van der Waals surface area contributed by atoms with Crippen molar-refractivity contribution in [1.29, 1.82) is 0 Å². The zero-order chi connectivity index (χ0) is 19.1. The number of nitrogens with one attached hydrogen (secondary N) is 1. The molecule has 0 saturated carbocycles. The lowest BCUT2D eigenvalue weighted by molar-refractivity contribution is -0.116. The molecule has 134 valence electrons. The largest absolute Gasteiger partial charge is 0.324 e. The van der Waals surface area contributed by atoms with Gasteiger partial charge in [-0.05, 0) is 29.2 Å². The fourth-order valence-corrected chi connectivity index (χ4v) is 3.27. The third-order valence-corrected chi connectivity index (χ3v) is 4.57. The molecular formula is C20H19ClN2O3. The van der Waals surface area contributed by atoms with E-state index in [0.717, 1.165) is 10.5 Å². The van der Waals surface area contributed by atoms with Gasteiger partial charge in [-0.25, -0.2) is 0 Å². The van der Waals surface area contributed by atoms with Gasteiger partial charge in [0.1, 0.15) is 6.54 Å². The molecule has 0 fully saturated rings. The normalized spacial score (nSPS) is 13.8. The van der Waals surface area contributed by atoms with Gasteiger partial charge in [0.15, 0.2) is 0 Å². The van der Waals surface area contributed by atoms with Gasteiger partial charge in [0.05, 0.1) is 16.1 Å². The van der Waals surface area contributed by atoms with Crippen LogP contribution in [0.4, 0.5) is 5.69 Å². The minimum absolute atomic E-state index is 0.155. The molecule has 0 aromatic heterocycles. The number of fused-ring (bicyclic) bond motifs is 1. The third-order valence-electron chi connectivity index (χ3n) is 4.26. The van der Waals surface area contributed by atoms with Crippen LogP contribution in [0.2, 0.25) is 5.02 Å². The van der Waals surface area contributed by atoms with Gasteiger partial charge in [-0.15, -0.1) is 0 Å². The summed E-state index contributed by atoms with van der Waals surface area (Å²) in [4.78, 5) is 38.3. The Kier molecular flexibility index (Phi) is 4.59. The number of benzene rings is 2. The van der Waals surface area contributed by atoms with Crippen LogP contribution in [0.1, 0.15) is 47.1 Å². The second kappa shape index (κ2) is 6.57. The van der Waals surface area contributed by atoms with Gasteiger partial charge >= 0.3 is 0 Å². The Morgan fingerprint density at radius 1 is 1.04 bits per heavy atom. The quantitative estimate of drug-likeness (QED) is 0.834. The first-order valence-electron chi connectivity index (χ1n) is 8.24. The summed E-state index contributed by atoms with van der Waals surface area (Å²) < 4.78 is 0. The van der Waals surface area contributed by atoms with E-state index in [1.54, 1.807) is 18.2 Å². The number of halogens is 1. The number of carbonyl (C=O) groups excluding carboxylic acids is 3. The van der Waals surface area contributed by atoms with E-state index in [2.05, 4.69) is 5.32 Å². The number of hydrogen-bond donors (Lipinski definition) is 1. The summed E-state index contributed by atoms with van der Waals surface area (Å²) in [5.41, 5.74) is 1.86. The summed E-state index contributed by atoms with van der Waals surface area (Å²) >= 11 is 6.03. The molecule has 2 aromatic rings. The standard InChI is InChI=1S/C20H19ClN2O3/c1-20(2,3)13-8-4-5-10-15(13)22-16(24)11-23-18(25)12-7-6-9-14(21)17(12)19(23)26/h4-10H,11H2,1-3H3,(H,22,24). The van der Waals surface area contributed by atoms with Gasteiger partial charge in [-0.1, -0.05) is 56.6 Å². The van der Waals surface area contributed by atoms with Crippen molar-refractivity contribution in [3.63, 3.8) is 0 Å². The van der Waals surface area contributed by atoms with Crippen LogP contribution in [0.5, 0.6) is 0 Å². The van der Waals surface area contributed by atoms with Crippen molar-refractivity contribution in [1.82, 2.24) is 4.90 Å². The fourth-order valence-electron chi connectivity index (χ4n) is 3.02. The fraction of sp³-hybridized carbons (Fsp3) is 0.250. The third kappa shape index (κ3) is 3.22. The van der Waals surface area contributed by atoms with Crippen LogP contribution < -0.4 is 5.32 Å². The summed E-state index contributed by atoms with van der Waals surface area (Å²) in [7, 11) is 0. The summed E-state index contributed by atoms with van der Waals surface area (Å²) in [6.45, 7) is 5.78. The molecule has 0 bridgehead atoms. The molecule has 1 N–H and O–H groups in total. The monoisotopic (exact) mass is 370 g/mol. The van der Waals surface area contributed by atoms with E-state index in [4.69, 9.17) is 11.6 Å². The molecule has 6 heteroatoms. The minimum Gasteiger partial charge on any atom is -0.324 e. The first-order valence-corrected chi connectivity index (χ1v) is 8.62. The highest BCUT2D eigenvalue weighted by atomic mass is 35.5. The van der Waals surface area contributed by atoms with Crippen molar-refractivity contribution in [2.45, 2.75) is 26.2 Å². The molecule has 1 aliphatic rings. The number of amides is 3. The van der Waals surface area contributed by atoms with Crippen molar-refractivity contribution in [2.24, 2.45) is 0 Å². The molecule has 1 heterocycles. The molecule has 3 amide bonds. The molecule has 5 nitrogen and oxygen atoms in total. The number of carbonyl (C=O) groups is 3. The molecule has 0 atom stereocenters. The van der Waals surface area contributed by atoms with Gasteiger partial charge in [0.25, 0.3) is 11.8 Å². The maximum atomic E-state index is 12.5. The van der Waals surface area contributed by atoms with Crippen LogP contribution in [0.25, 0.3) is 0 Å². The van der Waals surface area contributed by atoms with Crippen LogP contribution >= 0.6 is 11.6 Å². The average Bonchev–Trinajstić information content (AvgIpc) is 2.80. The molecule has 0 aliphatic carbocycles. The summed E-state index contributed by atoms with van der Waals surface area (Å²) in [6, 6.07) is 12.2. The summed E-state index contributed by atoms with van der Waals surface area (Å²) in [6.07, 6.45) is 0. The van der Waals surface area contributed by atoms with Crippen molar-refractivity contribution in [3.8, 4) is 0 Å². The number of nitrogens with zero attached hydrogens (tertiary/aromatic N) is 1. The van der Waals surface area contributed by atoms with E-state index >= 15 is 0 Å². The highest BCUT2D eigenvalue weighted by molar-refractivity contribution is 6.37. The second-order valence-corrected chi connectivity index (χ2v) is 7.61. The number of imide groups is 1.